The van der Waals surface area contributed by atoms with Crippen LogP contribution in [0.3, 0.4) is 0 Å². The normalized spacial score (nSPS) is 11.8. The maximum absolute atomic E-state index is 14.0. The minimum Gasteiger partial charge on any atom is -0.218 e. The Hall–Kier alpha value is -1.61. The van der Waals surface area contributed by atoms with E-state index >= 15 is 0 Å². The zero-order valence-electron chi connectivity index (χ0n) is 17.8. The van der Waals surface area contributed by atoms with E-state index in [1.807, 2.05) is 0 Å². The second-order valence-corrected chi connectivity index (χ2v) is 8.93. The van der Waals surface area contributed by atoms with Gasteiger partial charge in [0.15, 0.2) is 0 Å². The molecule has 0 aliphatic rings. The molecule has 0 aromatic heterocycles. The van der Waals surface area contributed by atoms with E-state index < -0.39 is 9.84 Å². The van der Waals surface area contributed by atoms with Crippen molar-refractivity contribution in [3.63, 3.8) is 0 Å². The third-order valence-corrected chi connectivity index (χ3v) is 7.61. The number of aryl methyl sites for hydroxylation is 6. The van der Waals surface area contributed by atoms with Crippen LogP contribution in [0.25, 0.3) is 0 Å². The first-order valence-electron chi connectivity index (χ1n) is 10.4. The lowest BCUT2D eigenvalue weighted by Gasteiger charge is -2.20. The van der Waals surface area contributed by atoms with Crippen molar-refractivity contribution in [2.45, 2.75) is 89.9 Å². The number of sulfone groups is 1. The maximum atomic E-state index is 14.0. The molecule has 2 nitrogen and oxygen atoms in total. The maximum Gasteiger partial charge on any atom is 0.207 e. The highest BCUT2D eigenvalue weighted by atomic mass is 32.2. The van der Waals surface area contributed by atoms with Crippen molar-refractivity contribution < 1.29 is 8.42 Å². The molecule has 2 aromatic carbocycles. The molecule has 0 aliphatic heterocycles. The molecule has 0 aliphatic carbocycles. The van der Waals surface area contributed by atoms with Gasteiger partial charge in [0.1, 0.15) is 0 Å². The topological polar surface area (TPSA) is 34.1 Å². The van der Waals surface area contributed by atoms with Crippen molar-refractivity contribution in [1.82, 2.24) is 0 Å². The van der Waals surface area contributed by atoms with Gasteiger partial charge in [-0.15, -0.1) is 0 Å². The van der Waals surface area contributed by atoms with E-state index in [4.69, 9.17) is 0 Å². The van der Waals surface area contributed by atoms with E-state index in [0.717, 1.165) is 60.8 Å². The molecule has 2 aromatic rings. The molecule has 148 valence electrons. The Bertz CT molecular complexity index is 788. The van der Waals surface area contributed by atoms with Crippen LogP contribution in [0.5, 0.6) is 0 Å². The van der Waals surface area contributed by atoms with Crippen LogP contribution < -0.4 is 0 Å². The van der Waals surface area contributed by atoms with Crippen LogP contribution in [0.4, 0.5) is 0 Å². The number of rotatable bonds is 8. The van der Waals surface area contributed by atoms with E-state index in [-0.39, 0.29) is 0 Å². The van der Waals surface area contributed by atoms with Crippen molar-refractivity contribution in [3.8, 4) is 0 Å². The first-order valence-corrected chi connectivity index (χ1v) is 11.9. The molecule has 0 amide bonds. The van der Waals surface area contributed by atoms with Crippen molar-refractivity contribution in [2.24, 2.45) is 0 Å². The minimum atomic E-state index is -3.56. The summed E-state index contributed by atoms with van der Waals surface area (Å²) in [7, 11) is -3.56. The Kier molecular flexibility index (Phi) is 7.27. The summed E-state index contributed by atoms with van der Waals surface area (Å²) >= 11 is 0. The monoisotopic (exact) mass is 386 g/mol. The van der Waals surface area contributed by atoms with Gasteiger partial charge in [-0.25, -0.2) is 8.42 Å². The molecule has 0 N–H and O–H groups in total. The summed E-state index contributed by atoms with van der Waals surface area (Å²) in [6.07, 6.45) is 4.76. The van der Waals surface area contributed by atoms with Gasteiger partial charge in [-0.05, 0) is 71.9 Å². The minimum absolute atomic E-state index is 0.554. The van der Waals surface area contributed by atoms with Crippen molar-refractivity contribution >= 4 is 9.84 Å². The zero-order chi connectivity index (χ0) is 20.2. The van der Waals surface area contributed by atoms with Crippen LogP contribution in [-0.2, 0) is 48.4 Å². The van der Waals surface area contributed by atoms with Gasteiger partial charge in [0.25, 0.3) is 0 Å². The highest BCUT2D eigenvalue weighted by Gasteiger charge is 2.29. The second kappa shape index (κ2) is 9.05. The summed E-state index contributed by atoms with van der Waals surface area (Å²) in [4.78, 5) is 1.11. The Balaban J connectivity index is 2.88. The summed E-state index contributed by atoms with van der Waals surface area (Å²) in [6, 6.07) is 8.35. The van der Waals surface area contributed by atoms with Gasteiger partial charge >= 0.3 is 0 Å². The smallest absolute Gasteiger partial charge is 0.207 e. The van der Waals surface area contributed by atoms with E-state index in [9.17, 15) is 8.42 Å². The van der Waals surface area contributed by atoms with Crippen molar-refractivity contribution in [3.05, 3.63) is 57.6 Å². The van der Waals surface area contributed by atoms with Crippen LogP contribution >= 0.6 is 0 Å². The molecular weight excluding hydrogens is 352 g/mol. The predicted molar refractivity (Wildman–Crippen MR) is 115 cm³/mol. The van der Waals surface area contributed by atoms with Gasteiger partial charge < -0.3 is 0 Å². The van der Waals surface area contributed by atoms with Crippen LogP contribution in [-0.4, -0.2) is 8.42 Å². The highest BCUT2D eigenvalue weighted by Crippen LogP contribution is 2.35. The number of hydrogen-bond acceptors (Lipinski definition) is 2. The predicted octanol–water partition coefficient (Wildman–Crippen LogP) is 5.89. The third kappa shape index (κ3) is 4.13. The average molecular weight is 387 g/mol. The summed E-state index contributed by atoms with van der Waals surface area (Å²) in [5.74, 6) is 0. The Labute approximate surface area is 165 Å². The third-order valence-electron chi connectivity index (χ3n) is 5.48. The largest absolute Gasteiger partial charge is 0.218 e. The molecule has 3 heteroatoms. The highest BCUT2D eigenvalue weighted by molar-refractivity contribution is 7.91. The average Bonchev–Trinajstić information content (AvgIpc) is 2.70. The molecule has 27 heavy (non-hydrogen) atoms. The summed E-state index contributed by atoms with van der Waals surface area (Å²) < 4.78 is 27.9. The molecule has 0 atom stereocenters. The lowest BCUT2D eigenvalue weighted by atomic mass is 10.0. The van der Waals surface area contributed by atoms with E-state index in [1.54, 1.807) is 0 Å². The standard InChI is InChI=1S/C24H34O2S/c1-7-17-13-19(9-3)23(20(10-4)14-17)27(25,26)24-21(11-5)15-18(8-2)16-22(24)12-6/h13-16H,7-12H2,1-6H3. The van der Waals surface area contributed by atoms with E-state index in [1.165, 1.54) is 11.1 Å². The molecule has 0 fully saturated rings. The molecule has 0 saturated carbocycles. The molecule has 0 heterocycles. The van der Waals surface area contributed by atoms with Gasteiger partial charge in [-0.3, -0.25) is 0 Å². The molecule has 0 saturated heterocycles. The quantitative estimate of drug-likeness (QED) is 0.566. The van der Waals surface area contributed by atoms with E-state index in [0.29, 0.717) is 9.79 Å². The van der Waals surface area contributed by atoms with Gasteiger partial charge in [0.2, 0.25) is 9.84 Å². The number of benzene rings is 2. The molecule has 0 bridgehead atoms. The lowest BCUT2D eigenvalue weighted by Crippen LogP contribution is -2.14. The SMILES string of the molecule is CCc1cc(CC)c(S(=O)(=O)c2c(CC)cc(CC)cc2CC)c(CC)c1. The van der Waals surface area contributed by atoms with Gasteiger partial charge in [0.05, 0.1) is 9.79 Å². The van der Waals surface area contributed by atoms with Gasteiger partial charge in [0, 0.05) is 0 Å². The van der Waals surface area contributed by atoms with Crippen molar-refractivity contribution in [2.75, 3.05) is 0 Å². The van der Waals surface area contributed by atoms with Gasteiger partial charge in [-0.1, -0.05) is 65.8 Å². The molecule has 0 spiro atoms. The summed E-state index contributed by atoms with van der Waals surface area (Å²) in [6.45, 7) is 12.4. The first-order chi connectivity index (χ1) is 12.9. The first kappa shape index (κ1) is 21.7. The van der Waals surface area contributed by atoms with Crippen LogP contribution in [0.15, 0.2) is 34.1 Å². The Morgan fingerprint density at radius 1 is 0.519 bits per heavy atom. The summed E-state index contributed by atoms with van der Waals surface area (Å²) in [5, 5.41) is 0. The fourth-order valence-corrected chi connectivity index (χ4v) is 6.30. The lowest BCUT2D eigenvalue weighted by molar-refractivity contribution is 0.591. The van der Waals surface area contributed by atoms with Gasteiger partial charge in [-0.2, -0.15) is 0 Å². The Morgan fingerprint density at radius 2 is 0.778 bits per heavy atom. The summed E-state index contributed by atoms with van der Waals surface area (Å²) in [5.41, 5.74) is 6.25. The zero-order valence-corrected chi connectivity index (χ0v) is 18.6. The van der Waals surface area contributed by atoms with Crippen LogP contribution in [0.1, 0.15) is 74.9 Å². The van der Waals surface area contributed by atoms with E-state index in [2.05, 4.69) is 65.8 Å². The molecule has 0 unspecified atom stereocenters. The van der Waals surface area contributed by atoms with Crippen LogP contribution in [0, 0.1) is 0 Å². The molecular formula is C24H34O2S. The molecule has 0 radical (unpaired) electrons. The van der Waals surface area contributed by atoms with Crippen molar-refractivity contribution in [1.29, 1.82) is 0 Å². The fraction of sp³-hybridized carbons (Fsp3) is 0.500. The molecule has 2 rings (SSSR count). The second-order valence-electron chi connectivity index (χ2n) is 7.11. The number of hydrogen-bond donors (Lipinski definition) is 0. The fourth-order valence-electron chi connectivity index (χ4n) is 3.90. The Morgan fingerprint density at radius 3 is 0.963 bits per heavy atom. The van der Waals surface area contributed by atoms with Crippen LogP contribution in [0.2, 0.25) is 0 Å².